The topological polar surface area (TPSA) is 66.5 Å². The van der Waals surface area contributed by atoms with Gasteiger partial charge in [0.25, 0.3) is 0 Å². The van der Waals surface area contributed by atoms with Crippen molar-refractivity contribution in [3.05, 3.63) is 35.4 Å². The van der Waals surface area contributed by atoms with Crippen LogP contribution < -0.4 is 5.32 Å². The predicted molar refractivity (Wildman–Crippen MR) is 89.4 cm³/mol. The number of sulfonamides is 1. The second-order valence-electron chi connectivity index (χ2n) is 6.59. The Labute approximate surface area is 138 Å². The molecule has 1 saturated heterocycles. The second-order valence-corrected chi connectivity index (χ2v) is 8.57. The molecule has 1 fully saturated rings. The molecule has 0 spiro atoms. The fourth-order valence-corrected chi connectivity index (χ4v) is 4.52. The Kier molecular flexibility index (Phi) is 4.73. The number of amides is 1. The Balaban J connectivity index is 1.61. The number of hydrogen-bond acceptors (Lipinski definition) is 3. The Hall–Kier alpha value is -1.40. The monoisotopic (exact) mass is 336 g/mol. The Morgan fingerprint density at radius 3 is 2.57 bits per heavy atom. The van der Waals surface area contributed by atoms with Gasteiger partial charge in [-0.1, -0.05) is 24.3 Å². The maximum atomic E-state index is 12.6. The molecule has 0 aromatic heterocycles. The highest BCUT2D eigenvalue weighted by atomic mass is 32.2. The van der Waals surface area contributed by atoms with Crippen molar-refractivity contribution in [1.82, 2.24) is 9.62 Å². The molecule has 6 heteroatoms. The first-order valence-electron chi connectivity index (χ1n) is 8.28. The Bertz CT molecular complexity index is 679. The molecule has 1 atom stereocenters. The molecule has 1 aliphatic heterocycles. The largest absolute Gasteiger partial charge is 0.349 e. The molecule has 1 heterocycles. The summed E-state index contributed by atoms with van der Waals surface area (Å²) >= 11 is 0. The summed E-state index contributed by atoms with van der Waals surface area (Å²) in [7, 11) is -3.14. The van der Waals surface area contributed by atoms with Crippen LogP contribution in [0.2, 0.25) is 0 Å². The van der Waals surface area contributed by atoms with Crippen LogP contribution in [0.1, 0.15) is 42.9 Å². The highest BCUT2D eigenvalue weighted by molar-refractivity contribution is 7.88. The van der Waals surface area contributed by atoms with E-state index in [-0.39, 0.29) is 17.9 Å². The van der Waals surface area contributed by atoms with Crippen LogP contribution >= 0.6 is 0 Å². The van der Waals surface area contributed by atoms with E-state index in [0.717, 1.165) is 19.3 Å². The molecule has 5 nitrogen and oxygen atoms in total. The first-order valence-corrected chi connectivity index (χ1v) is 10.1. The summed E-state index contributed by atoms with van der Waals surface area (Å²) < 4.78 is 24.5. The van der Waals surface area contributed by atoms with Gasteiger partial charge in [-0.2, -0.15) is 0 Å². The number of nitrogens with one attached hydrogen (secondary N) is 1. The number of aryl methyl sites for hydroxylation is 1. The fraction of sp³-hybridized carbons (Fsp3) is 0.588. The summed E-state index contributed by atoms with van der Waals surface area (Å²) in [6.07, 6.45) is 5.58. The quantitative estimate of drug-likeness (QED) is 0.916. The van der Waals surface area contributed by atoms with Crippen molar-refractivity contribution in [2.24, 2.45) is 5.92 Å². The van der Waals surface area contributed by atoms with Gasteiger partial charge in [0.1, 0.15) is 0 Å². The van der Waals surface area contributed by atoms with E-state index in [9.17, 15) is 13.2 Å². The minimum Gasteiger partial charge on any atom is -0.349 e. The highest BCUT2D eigenvalue weighted by Gasteiger charge is 2.30. The van der Waals surface area contributed by atoms with Crippen molar-refractivity contribution in [1.29, 1.82) is 0 Å². The molecule has 0 unspecified atom stereocenters. The molecule has 2 aliphatic rings. The van der Waals surface area contributed by atoms with Gasteiger partial charge in [-0.05, 0) is 43.2 Å². The van der Waals surface area contributed by atoms with Crippen LogP contribution in [-0.2, 0) is 21.2 Å². The van der Waals surface area contributed by atoms with Gasteiger partial charge >= 0.3 is 0 Å². The summed E-state index contributed by atoms with van der Waals surface area (Å²) in [5, 5.41) is 3.19. The van der Waals surface area contributed by atoms with Crippen molar-refractivity contribution in [3.63, 3.8) is 0 Å². The van der Waals surface area contributed by atoms with E-state index < -0.39 is 10.0 Å². The lowest BCUT2D eigenvalue weighted by molar-refractivity contribution is -0.127. The number of carbonyl (C=O) groups excluding carboxylic acids is 1. The third-order valence-electron chi connectivity index (χ3n) is 4.98. The second kappa shape index (κ2) is 6.61. The van der Waals surface area contributed by atoms with Crippen LogP contribution in [0.3, 0.4) is 0 Å². The van der Waals surface area contributed by atoms with Gasteiger partial charge in [-0.25, -0.2) is 12.7 Å². The number of piperidine rings is 1. The van der Waals surface area contributed by atoms with Crippen LogP contribution in [0.5, 0.6) is 0 Å². The first-order chi connectivity index (χ1) is 10.9. The van der Waals surface area contributed by atoms with Gasteiger partial charge in [0.15, 0.2) is 0 Å². The van der Waals surface area contributed by atoms with Gasteiger partial charge in [0.2, 0.25) is 15.9 Å². The normalized spacial score (nSPS) is 23.3. The molecular weight excluding hydrogens is 312 g/mol. The maximum Gasteiger partial charge on any atom is 0.223 e. The highest BCUT2D eigenvalue weighted by Crippen LogP contribution is 2.30. The Morgan fingerprint density at radius 1 is 1.17 bits per heavy atom. The minimum atomic E-state index is -3.14. The maximum absolute atomic E-state index is 12.6. The van der Waals surface area contributed by atoms with Crippen LogP contribution in [0.4, 0.5) is 0 Å². The van der Waals surface area contributed by atoms with Gasteiger partial charge < -0.3 is 5.32 Å². The first kappa shape index (κ1) is 16.5. The molecular formula is C17H24N2O3S. The lowest BCUT2D eigenvalue weighted by atomic mass is 9.87. The van der Waals surface area contributed by atoms with E-state index >= 15 is 0 Å². The third kappa shape index (κ3) is 3.75. The molecule has 1 aromatic carbocycles. The van der Waals surface area contributed by atoms with Crippen molar-refractivity contribution in [3.8, 4) is 0 Å². The lowest BCUT2D eigenvalue weighted by Crippen LogP contribution is -2.43. The smallest absolute Gasteiger partial charge is 0.223 e. The molecule has 23 heavy (non-hydrogen) atoms. The van der Waals surface area contributed by atoms with E-state index in [1.807, 2.05) is 12.1 Å². The summed E-state index contributed by atoms with van der Waals surface area (Å²) in [5.74, 6) is -0.0121. The standard InChI is InChI=1S/C17H24N2O3S/c1-23(21,22)19-11-9-14(10-12-19)17(20)18-16-8-4-6-13-5-2-3-7-15(13)16/h2-3,5,7,14,16H,4,6,8-12H2,1H3,(H,18,20)/t16-/m0/s1. The van der Waals surface area contributed by atoms with Crippen molar-refractivity contribution >= 4 is 15.9 Å². The van der Waals surface area contributed by atoms with E-state index in [2.05, 4.69) is 17.4 Å². The number of nitrogens with zero attached hydrogens (tertiary/aromatic N) is 1. The summed E-state index contributed by atoms with van der Waals surface area (Å²) in [5.41, 5.74) is 2.57. The molecule has 0 saturated carbocycles. The Morgan fingerprint density at radius 2 is 1.87 bits per heavy atom. The zero-order valence-electron chi connectivity index (χ0n) is 13.5. The van der Waals surface area contributed by atoms with Gasteiger partial charge in [-0.15, -0.1) is 0 Å². The molecule has 0 bridgehead atoms. The van der Waals surface area contributed by atoms with E-state index in [0.29, 0.717) is 25.9 Å². The molecule has 1 aliphatic carbocycles. The number of fused-ring (bicyclic) bond motifs is 1. The van der Waals surface area contributed by atoms with Gasteiger partial charge in [-0.3, -0.25) is 4.79 Å². The van der Waals surface area contributed by atoms with Crippen molar-refractivity contribution in [2.45, 2.75) is 38.1 Å². The van der Waals surface area contributed by atoms with E-state index in [1.54, 1.807) is 0 Å². The third-order valence-corrected chi connectivity index (χ3v) is 6.28. The zero-order chi connectivity index (χ0) is 16.4. The van der Waals surface area contributed by atoms with E-state index in [1.165, 1.54) is 21.7 Å². The van der Waals surface area contributed by atoms with Crippen molar-refractivity contribution in [2.75, 3.05) is 19.3 Å². The van der Waals surface area contributed by atoms with E-state index in [4.69, 9.17) is 0 Å². The molecule has 1 N–H and O–H groups in total. The fourth-order valence-electron chi connectivity index (χ4n) is 3.64. The summed E-state index contributed by atoms with van der Waals surface area (Å²) in [4.78, 5) is 12.6. The zero-order valence-corrected chi connectivity index (χ0v) is 14.3. The minimum absolute atomic E-state index is 0.0693. The molecule has 0 radical (unpaired) electrons. The summed E-state index contributed by atoms with van der Waals surface area (Å²) in [6.45, 7) is 0.885. The van der Waals surface area contributed by atoms with Gasteiger partial charge in [0.05, 0.1) is 12.3 Å². The number of carbonyl (C=O) groups is 1. The lowest BCUT2D eigenvalue weighted by Gasteiger charge is -2.32. The number of benzene rings is 1. The van der Waals surface area contributed by atoms with Crippen LogP contribution in [-0.4, -0.2) is 38.0 Å². The average Bonchev–Trinajstić information content (AvgIpc) is 2.54. The predicted octanol–water partition coefficient (Wildman–Crippen LogP) is 1.85. The van der Waals surface area contributed by atoms with Crippen LogP contribution in [0, 0.1) is 5.92 Å². The van der Waals surface area contributed by atoms with Crippen LogP contribution in [0.15, 0.2) is 24.3 Å². The number of rotatable bonds is 3. The van der Waals surface area contributed by atoms with Gasteiger partial charge in [0, 0.05) is 19.0 Å². The molecule has 126 valence electrons. The molecule has 1 aromatic rings. The SMILES string of the molecule is CS(=O)(=O)N1CCC(C(=O)N[C@H]2CCCc3ccccc32)CC1. The molecule has 3 rings (SSSR count). The summed E-state index contributed by atoms with van der Waals surface area (Å²) in [6, 6.07) is 8.40. The average molecular weight is 336 g/mol. The van der Waals surface area contributed by atoms with Crippen LogP contribution in [0.25, 0.3) is 0 Å². The molecule has 1 amide bonds. The number of hydrogen-bond donors (Lipinski definition) is 1. The van der Waals surface area contributed by atoms with Crippen molar-refractivity contribution < 1.29 is 13.2 Å².